The minimum atomic E-state index is -0.947. The van der Waals surface area contributed by atoms with Gasteiger partial charge >= 0.3 is 5.97 Å². The molecule has 0 saturated carbocycles. The number of hydrogen-bond donors (Lipinski definition) is 1. The molecule has 3 heterocycles. The summed E-state index contributed by atoms with van der Waals surface area (Å²) in [6, 6.07) is 9.58. The van der Waals surface area contributed by atoms with Crippen LogP contribution in [0.25, 0.3) is 22.2 Å². The van der Waals surface area contributed by atoms with Gasteiger partial charge in [-0.1, -0.05) is 23.7 Å². The number of aryl methyl sites for hydroxylation is 2. The van der Waals surface area contributed by atoms with E-state index in [1.165, 1.54) is 7.11 Å². The van der Waals surface area contributed by atoms with Crippen LogP contribution in [0.15, 0.2) is 36.5 Å². The molecule has 4 aromatic rings. The Balaban J connectivity index is 2.09. The van der Waals surface area contributed by atoms with E-state index in [0.717, 1.165) is 39.1 Å². The summed E-state index contributed by atoms with van der Waals surface area (Å²) in [6.45, 7) is 12.4. The number of ether oxygens (including phenoxy) is 2. The van der Waals surface area contributed by atoms with Crippen molar-refractivity contribution in [1.82, 2.24) is 19.7 Å². The van der Waals surface area contributed by atoms with Gasteiger partial charge in [0.05, 0.1) is 24.9 Å². The van der Waals surface area contributed by atoms with Crippen molar-refractivity contribution in [2.45, 2.75) is 59.8 Å². The van der Waals surface area contributed by atoms with Crippen LogP contribution < -0.4 is 0 Å². The summed E-state index contributed by atoms with van der Waals surface area (Å²) in [5.41, 5.74) is 6.51. The Labute approximate surface area is 210 Å². The van der Waals surface area contributed by atoms with E-state index in [1.54, 1.807) is 0 Å². The molecular weight excluding hydrogens is 464 g/mol. The largest absolute Gasteiger partial charge is 0.467 e. The Bertz CT molecular complexity index is 1370. The van der Waals surface area contributed by atoms with Crippen LogP contribution in [-0.4, -0.2) is 38.4 Å². The van der Waals surface area contributed by atoms with Crippen LogP contribution in [0, 0.1) is 20.8 Å². The number of esters is 1. The van der Waals surface area contributed by atoms with Gasteiger partial charge in [0, 0.05) is 39.1 Å². The van der Waals surface area contributed by atoms with Crippen molar-refractivity contribution in [3.63, 3.8) is 0 Å². The van der Waals surface area contributed by atoms with Crippen LogP contribution in [-0.2, 0) is 20.8 Å². The number of halogens is 1. The van der Waals surface area contributed by atoms with Gasteiger partial charge in [0.1, 0.15) is 5.65 Å². The molecule has 4 rings (SSSR count). The fourth-order valence-electron chi connectivity index (χ4n) is 4.45. The molecular formula is C27H31ClN4O3. The van der Waals surface area contributed by atoms with E-state index in [0.29, 0.717) is 22.8 Å². The first-order valence-electron chi connectivity index (χ1n) is 11.5. The molecule has 184 valence electrons. The zero-order valence-corrected chi connectivity index (χ0v) is 21.9. The smallest absolute Gasteiger partial charge is 0.339 e. The maximum atomic E-state index is 13.1. The lowest BCUT2D eigenvalue weighted by molar-refractivity contribution is -0.164. The lowest BCUT2D eigenvalue weighted by atomic mass is 9.91. The Morgan fingerprint density at radius 2 is 1.83 bits per heavy atom. The van der Waals surface area contributed by atoms with Gasteiger partial charge in [0.15, 0.2) is 6.10 Å². The Hall–Kier alpha value is -3.16. The molecule has 0 aliphatic rings. The summed E-state index contributed by atoms with van der Waals surface area (Å²) >= 11 is 6.23. The molecule has 3 aromatic heterocycles. The van der Waals surface area contributed by atoms with Crippen LogP contribution in [0.4, 0.5) is 0 Å². The number of rotatable bonds is 6. The van der Waals surface area contributed by atoms with E-state index in [9.17, 15) is 4.79 Å². The quantitative estimate of drug-likeness (QED) is 0.328. The number of carbonyl (C=O) groups excluding carboxylic acids is 1. The van der Waals surface area contributed by atoms with Crippen molar-refractivity contribution in [2.75, 3.05) is 7.11 Å². The number of aromatic nitrogens is 4. The molecule has 8 heteroatoms. The second kappa shape index (κ2) is 9.47. The minimum absolute atomic E-state index is 0.468. The normalized spacial score (nSPS) is 12.8. The lowest BCUT2D eigenvalue weighted by Crippen LogP contribution is -2.29. The molecule has 0 aliphatic carbocycles. The molecule has 0 amide bonds. The van der Waals surface area contributed by atoms with E-state index in [4.69, 9.17) is 26.1 Å². The molecule has 0 fully saturated rings. The van der Waals surface area contributed by atoms with Gasteiger partial charge in [0.2, 0.25) is 0 Å². The second-order valence-corrected chi connectivity index (χ2v) is 10.1. The molecule has 0 spiro atoms. The number of benzene rings is 1. The number of methoxy groups -OCH3 is 1. The first-order chi connectivity index (χ1) is 16.5. The van der Waals surface area contributed by atoms with Gasteiger partial charge in [-0.25, -0.2) is 9.78 Å². The number of nitrogens with one attached hydrogen (secondary N) is 1. The summed E-state index contributed by atoms with van der Waals surface area (Å²) in [4.78, 5) is 18.1. The molecule has 1 unspecified atom stereocenters. The number of nitrogens with zero attached hydrogens (tertiary/aromatic N) is 3. The van der Waals surface area contributed by atoms with Crippen molar-refractivity contribution >= 4 is 28.6 Å². The molecule has 1 aromatic carbocycles. The number of fused-ring (bicyclic) bond motifs is 1. The topological polar surface area (TPSA) is 82.0 Å². The molecule has 7 nitrogen and oxygen atoms in total. The molecule has 0 bridgehead atoms. The van der Waals surface area contributed by atoms with Crippen LogP contribution in [0.1, 0.15) is 55.1 Å². The zero-order chi connectivity index (χ0) is 25.5. The van der Waals surface area contributed by atoms with E-state index < -0.39 is 17.7 Å². The van der Waals surface area contributed by atoms with Crippen molar-refractivity contribution < 1.29 is 14.3 Å². The van der Waals surface area contributed by atoms with E-state index >= 15 is 0 Å². The average molecular weight is 495 g/mol. The minimum Gasteiger partial charge on any atom is -0.467 e. The average Bonchev–Trinajstić information content (AvgIpc) is 3.39. The van der Waals surface area contributed by atoms with Gasteiger partial charge in [-0.2, -0.15) is 5.10 Å². The van der Waals surface area contributed by atoms with Crippen LogP contribution >= 0.6 is 11.6 Å². The molecule has 35 heavy (non-hydrogen) atoms. The molecule has 0 aliphatic heterocycles. The first-order valence-corrected chi connectivity index (χ1v) is 11.9. The Morgan fingerprint density at radius 3 is 2.40 bits per heavy atom. The maximum Gasteiger partial charge on any atom is 0.339 e. The summed E-state index contributed by atoms with van der Waals surface area (Å²) in [5.74, 6) is -0.468. The number of H-pyrrole nitrogens is 1. The standard InChI is InChI=1S/C27H31ClN4O3/c1-15-17(3)32(14-20-12-13-29-31-20)25-21(15)23(18-8-10-19(28)11-9-18)22(16(2)30-25)24(26(33)34-7)35-27(4,5)6/h8-13,24H,14H2,1-7H3,(H,29,31). The number of pyridine rings is 1. The highest BCUT2D eigenvalue weighted by Gasteiger charge is 2.34. The zero-order valence-electron chi connectivity index (χ0n) is 21.2. The third-order valence-corrected chi connectivity index (χ3v) is 6.40. The predicted octanol–water partition coefficient (Wildman–Crippen LogP) is 6.08. The Kier molecular flexibility index (Phi) is 6.75. The van der Waals surface area contributed by atoms with Gasteiger partial charge in [-0.15, -0.1) is 0 Å². The highest BCUT2D eigenvalue weighted by molar-refractivity contribution is 6.30. The third kappa shape index (κ3) is 4.83. The summed E-state index contributed by atoms with van der Waals surface area (Å²) in [7, 11) is 1.38. The van der Waals surface area contributed by atoms with Gasteiger partial charge in [0.25, 0.3) is 0 Å². The predicted molar refractivity (Wildman–Crippen MR) is 138 cm³/mol. The van der Waals surface area contributed by atoms with E-state index in [-0.39, 0.29) is 0 Å². The number of aromatic amines is 1. The lowest BCUT2D eigenvalue weighted by Gasteiger charge is -2.28. The van der Waals surface area contributed by atoms with Crippen molar-refractivity contribution in [3.8, 4) is 11.1 Å². The Morgan fingerprint density at radius 1 is 1.14 bits per heavy atom. The monoisotopic (exact) mass is 494 g/mol. The summed E-state index contributed by atoms with van der Waals surface area (Å²) in [6.07, 6.45) is 0.862. The van der Waals surface area contributed by atoms with Crippen LogP contribution in [0.2, 0.25) is 5.02 Å². The number of hydrogen-bond acceptors (Lipinski definition) is 5. The fraction of sp³-hybridized carbons (Fsp3) is 0.370. The van der Waals surface area contributed by atoms with E-state index in [2.05, 4.69) is 28.6 Å². The number of carbonyl (C=O) groups is 1. The first kappa shape index (κ1) is 24.9. The molecule has 1 N–H and O–H groups in total. The van der Waals surface area contributed by atoms with Crippen molar-refractivity contribution in [1.29, 1.82) is 0 Å². The van der Waals surface area contributed by atoms with Crippen molar-refractivity contribution in [2.24, 2.45) is 0 Å². The molecule has 0 radical (unpaired) electrons. The highest BCUT2D eigenvalue weighted by Crippen LogP contribution is 2.42. The van der Waals surface area contributed by atoms with Crippen molar-refractivity contribution in [3.05, 3.63) is 69.8 Å². The molecule has 0 saturated heterocycles. The van der Waals surface area contributed by atoms with E-state index in [1.807, 2.05) is 64.2 Å². The summed E-state index contributed by atoms with van der Waals surface area (Å²) in [5, 5.41) is 8.81. The SMILES string of the molecule is COC(=O)C(OC(C)(C)C)c1c(C)nc2c(c(C)c(C)n2Cc2cc[nH]n2)c1-c1ccc(Cl)cc1. The summed E-state index contributed by atoms with van der Waals surface area (Å²) < 4.78 is 13.6. The second-order valence-electron chi connectivity index (χ2n) is 9.69. The van der Waals surface area contributed by atoms with Gasteiger partial charge in [-0.05, 0) is 70.9 Å². The van der Waals surface area contributed by atoms with Crippen LogP contribution in [0.3, 0.4) is 0 Å². The van der Waals surface area contributed by atoms with Crippen LogP contribution in [0.5, 0.6) is 0 Å². The maximum absolute atomic E-state index is 13.1. The fourth-order valence-corrected chi connectivity index (χ4v) is 4.58. The highest BCUT2D eigenvalue weighted by atomic mass is 35.5. The third-order valence-electron chi connectivity index (χ3n) is 6.14. The molecule has 1 atom stereocenters. The van der Waals surface area contributed by atoms with Gasteiger partial charge in [-0.3, -0.25) is 5.10 Å². The van der Waals surface area contributed by atoms with Gasteiger partial charge < -0.3 is 14.0 Å².